The van der Waals surface area contributed by atoms with E-state index in [0.717, 1.165) is 44.2 Å². The zero-order chi connectivity index (χ0) is 22.2. The van der Waals surface area contributed by atoms with Crippen molar-refractivity contribution in [2.75, 3.05) is 14.2 Å². The highest BCUT2D eigenvalue weighted by Gasteiger charge is 2.05. The van der Waals surface area contributed by atoms with Crippen LogP contribution in [-0.2, 0) is 17.6 Å². The highest BCUT2D eigenvalue weighted by Crippen LogP contribution is 2.25. The van der Waals surface area contributed by atoms with Gasteiger partial charge in [-0.3, -0.25) is 4.79 Å². The standard InChI is InChI=1S/C13H13NO2.C13H11NO/c1-16-11-6-5-9-3-2-4-10(7-13(14)15)12(9)8-11;1-15-12-6-5-10-3-2-4-11(7-8-14)13(10)9-12/h2-6,8H,7H2,1H3,(H2,14,15);2-6,9H,7H2,1H3. The van der Waals surface area contributed by atoms with Gasteiger partial charge in [0.05, 0.1) is 33.1 Å². The van der Waals surface area contributed by atoms with Crippen LogP contribution < -0.4 is 15.2 Å². The summed E-state index contributed by atoms with van der Waals surface area (Å²) in [5.41, 5.74) is 7.20. The molecule has 1 amide bonds. The zero-order valence-electron chi connectivity index (χ0n) is 17.6. The molecule has 0 spiro atoms. The molecular formula is C26H24N2O3. The molecule has 2 N–H and O–H groups in total. The number of methoxy groups -OCH3 is 2. The highest BCUT2D eigenvalue weighted by atomic mass is 16.5. The molecule has 156 valence electrons. The molecule has 0 aliphatic rings. The molecule has 0 aliphatic carbocycles. The van der Waals surface area contributed by atoms with Crippen molar-refractivity contribution >= 4 is 27.5 Å². The summed E-state index contributed by atoms with van der Waals surface area (Å²) >= 11 is 0. The van der Waals surface area contributed by atoms with E-state index in [1.807, 2.05) is 72.8 Å². The fourth-order valence-corrected chi connectivity index (χ4v) is 3.47. The van der Waals surface area contributed by atoms with Gasteiger partial charge in [0.25, 0.3) is 0 Å². The largest absolute Gasteiger partial charge is 0.497 e. The van der Waals surface area contributed by atoms with Crippen LogP contribution in [0.1, 0.15) is 11.1 Å². The van der Waals surface area contributed by atoms with Gasteiger partial charge in [-0.05, 0) is 56.9 Å². The Hall–Kier alpha value is -4.04. The Bertz CT molecular complexity index is 1260. The molecule has 4 rings (SSSR count). The van der Waals surface area contributed by atoms with Crippen molar-refractivity contribution in [3.63, 3.8) is 0 Å². The SMILES string of the molecule is COc1ccc2cccc(CC#N)c2c1.COc1ccc2cccc(CC(N)=O)c2c1. The third kappa shape index (κ3) is 5.31. The van der Waals surface area contributed by atoms with Gasteiger partial charge >= 0.3 is 0 Å². The lowest BCUT2D eigenvalue weighted by Crippen LogP contribution is -2.13. The average Bonchev–Trinajstić information content (AvgIpc) is 2.79. The van der Waals surface area contributed by atoms with E-state index in [2.05, 4.69) is 6.07 Å². The summed E-state index contributed by atoms with van der Waals surface area (Å²) < 4.78 is 10.3. The Labute approximate surface area is 181 Å². The van der Waals surface area contributed by atoms with Crippen molar-refractivity contribution in [3.8, 4) is 17.6 Å². The van der Waals surface area contributed by atoms with Gasteiger partial charge < -0.3 is 15.2 Å². The summed E-state index contributed by atoms with van der Waals surface area (Å²) in [7, 11) is 3.27. The van der Waals surface area contributed by atoms with Gasteiger partial charge in [-0.2, -0.15) is 5.26 Å². The Balaban J connectivity index is 0.000000176. The number of benzene rings is 4. The Morgan fingerprint density at radius 2 is 1.35 bits per heavy atom. The number of hydrogen-bond acceptors (Lipinski definition) is 4. The van der Waals surface area contributed by atoms with Crippen LogP contribution in [0, 0.1) is 11.3 Å². The van der Waals surface area contributed by atoms with Gasteiger partial charge in [0.15, 0.2) is 0 Å². The molecule has 0 unspecified atom stereocenters. The number of carbonyl (C=O) groups is 1. The second-order valence-corrected chi connectivity index (χ2v) is 6.99. The number of nitriles is 1. The van der Waals surface area contributed by atoms with Crippen LogP contribution in [0.5, 0.6) is 11.5 Å². The Morgan fingerprint density at radius 3 is 1.84 bits per heavy atom. The van der Waals surface area contributed by atoms with Crippen LogP contribution in [0.4, 0.5) is 0 Å². The molecule has 4 aromatic carbocycles. The van der Waals surface area contributed by atoms with Crippen molar-refractivity contribution in [2.45, 2.75) is 12.8 Å². The molecule has 0 radical (unpaired) electrons. The minimum absolute atomic E-state index is 0.254. The van der Waals surface area contributed by atoms with Crippen LogP contribution >= 0.6 is 0 Å². The van der Waals surface area contributed by atoms with Crippen LogP contribution in [-0.4, -0.2) is 20.1 Å². The van der Waals surface area contributed by atoms with Crippen LogP contribution in [0.3, 0.4) is 0 Å². The molecule has 0 bridgehead atoms. The van der Waals surface area contributed by atoms with E-state index in [4.69, 9.17) is 20.5 Å². The fraction of sp³-hybridized carbons (Fsp3) is 0.154. The van der Waals surface area contributed by atoms with E-state index in [9.17, 15) is 4.79 Å². The first kappa shape index (κ1) is 21.7. The quantitative estimate of drug-likeness (QED) is 0.511. The van der Waals surface area contributed by atoms with E-state index in [0.29, 0.717) is 6.42 Å². The maximum Gasteiger partial charge on any atom is 0.221 e. The van der Waals surface area contributed by atoms with Crippen molar-refractivity contribution < 1.29 is 14.3 Å². The van der Waals surface area contributed by atoms with E-state index in [-0.39, 0.29) is 12.3 Å². The number of rotatable bonds is 5. The number of ether oxygens (including phenoxy) is 2. The second kappa shape index (κ2) is 10.1. The van der Waals surface area contributed by atoms with Gasteiger partial charge in [0.2, 0.25) is 5.91 Å². The third-order valence-electron chi connectivity index (χ3n) is 4.99. The zero-order valence-corrected chi connectivity index (χ0v) is 17.6. The summed E-state index contributed by atoms with van der Waals surface area (Å²) in [6, 6.07) is 25.7. The minimum Gasteiger partial charge on any atom is -0.497 e. The molecule has 5 heteroatoms. The minimum atomic E-state index is -0.324. The third-order valence-corrected chi connectivity index (χ3v) is 4.99. The van der Waals surface area contributed by atoms with Crippen LogP contribution in [0.15, 0.2) is 72.8 Å². The topological polar surface area (TPSA) is 85.3 Å². The predicted octanol–water partition coefficient (Wildman–Crippen LogP) is 4.79. The van der Waals surface area contributed by atoms with Crippen LogP contribution in [0.25, 0.3) is 21.5 Å². The Morgan fingerprint density at radius 1 is 0.839 bits per heavy atom. The van der Waals surface area contributed by atoms with E-state index >= 15 is 0 Å². The lowest BCUT2D eigenvalue weighted by molar-refractivity contribution is -0.117. The monoisotopic (exact) mass is 412 g/mol. The Kier molecular flexibility index (Phi) is 7.08. The summed E-state index contributed by atoms with van der Waals surface area (Å²) in [5.74, 6) is 1.28. The number of carbonyl (C=O) groups excluding carboxylic acids is 1. The first-order valence-corrected chi connectivity index (χ1v) is 9.82. The van der Waals surface area contributed by atoms with Crippen molar-refractivity contribution in [3.05, 3.63) is 83.9 Å². The number of nitrogens with two attached hydrogens (primary N) is 1. The molecule has 5 nitrogen and oxygen atoms in total. The molecule has 0 saturated carbocycles. The van der Waals surface area contributed by atoms with Crippen molar-refractivity contribution in [1.29, 1.82) is 5.26 Å². The molecule has 0 fully saturated rings. The molecule has 4 aromatic rings. The maximum atomic E-state index is 11.0. The average molecular weight is 412 g/mol. The lowest BCUT2D eigenvalue weighted by Gasteiger charge is -2.06. The molecule has 0 aliphatic heterocycles. The summed E-state index contributed by atoms with van der Waals surface area (Å²) in [5, 5.41) is 13.1. The van der Waals surface area contributed by atoms with Gasteiger partial charge in [-0.15, -0.1) is 0 Å². The molecular weight excluding hydrogens is 388 g/mol. The number of amides is 1. The summed E-state index contributed by atoms with van der Waals surface area (Å²) in [4.78, 5) is 11.0. The van der Waals surface area contributed by atoms with Gasteiger partial charge in [0, 0.05) is 0 Å². The fourth-order valence-electron chi connectivity index (χ4n) is 3.47. The lowest BCUT2D eigenvalue weighted by atomic mass is 10.0. The number of fused-ring (bicyclic) bond motifs is 2. The van der Waals surface area contributed by atoms with Crippen molar-refractivity contribution in [1.82, 2.24) is 0 Å². The number of nitrogens with zero attached hydrogens (tertiary/aromatic N) is 1. The summed E-state index contributed by atoms with van der Waals surface area (Å²) in [6.07, 6.45) is 0.689. The van der Waals surface area contributed by atoms with E-state index in [1.165, 1.54) is 0 Å². The van der Waals surface area contributed by atoms with Crippen molar-refractivity contribution in [2.24, 2.45) is 5.73 Å². The molecule has 0 aromatic heterocycles. The summed E-state index contributed by atoms with van der Waals surface area (Å²) in [6.45, 7) is 0. The second-order valence-electron chi connectivity index (χ2n) is 6.99. The van der Waals surface area contributed by atoms with E-state index in [1.54, 1.807) is 14.2 Å². The highest BCUT2D eigenvalue weighted by molar-refractivity contribution is 5.90. The van der Waals surface area contributed by atoms with Gasteiger partial charge in [-0.1, -0.05) is 48.5 Å². The number of primary amides is 1. The smallest absolute Gasteiger partial charge is 0.221 e. The van der Waals surface area contributed by atoms with Gasteiger partial charge in [0.1, 0.15) is 11.5 Å². The van der Waals surface area contributed by atoms with E-state index < -0.39 is 0 Å². The molecule has 0 saturated heterocycles. The number of hydrogen-bond donors (Lipinski definition) is 1. The first-order valence-electron chi connectivity index (χ1n) is 9.82. The molecule has 0 atom stereocenters. The predicted molar refractivity (Wildman–Crippen MR) is 123 cm³/mol. The maximum absolute atomic E-state index is 11.0. The van der Waals surface area contributed by atoms with Gasteiger partial charge in [-0.25, -0.2) is 0 Å². The normalized spacial score (nSPS) is 10.1. The molecule has 0 heterocycles. The molecule has 31 heavy (non-hydrogen) atoms. The van der Waals surface area contributed by atoms with Crippen LogP contribution in [0.2, 0.25) is 0 Å². The first-order chi connectivity index (χ1) is 15.0.